The van der Waals surface area contributed by atoms with Crippen molar-refractivity contribution in [1.82, 2.24) is 0 Å². The largest absolute Gasteiger partial charge is 0.492 e. The molecular weight excluding hydrogens is 279 g/mol. The van der Waals surface area contributed by atoms with Crippen LogP contribution in [0.25, 0.3) is 0 Å². The van der Waals surface area contributed by atoms with Crippen LogP contribution in [-0.4, -0.2) is 13.2 Å². The average Bonchev–Trinajstić information content (AvgIpc) is 2.88. The van der Waals surface area contributed by atoms with Crippen LogP contribution in [0.15, 0.2) is 48.5 Å². The van der Waals surface area contributed by atoms with Crippen molar-refractivity contribution in [1.29, 1.82) is 0 Å². The number of fused-ring (bicyclic) bond motifs is 1. The molecule has 110 valence electrons. The number of halogens is 3. The van der Waals surface area contributed by atoms with Crippen molar-refractivity contribution in [3.63, 3.8) is 0 Å². The third kappa shape index (κ3) is 2.82. The SMILES string of the molecule is FC(F)(F)c1ccccc1OCC1CNc2ccccc21. The molecule has 3 rings (SSSR count). The average molecular weight is 293 g/mol. The molecule has 1 aliphatic rings. The molecule has 0 amide bonds. The summed E-state index contributed by atoms with van der Waals surface area (Å²) in [5.74, 6) is -0.0585. The van der Waals surface area contributed by atoms with Gasteiger partial charge in [0.2, 0.25) is 0 Å². The summed E-state index contributed by atoms with van der Waals surface area (Å²) in [7, 11) is 0. The van der Waals surface area contributed by atoms with Gasteiger partial charge in [-0.1, -0.05) is 30.3 Å². The summed E-state index contributed by atoms with van der Waals surface area (Å²) in [5, 5.41) is 3.23. The highest BCUT2D eigenvalue weighted by molar-refractivity contribution is 5.57. The maximum Gasteiger partial charge on any atom is 0.419 e. The number of hydrogen-bond donors (Lipinski definition) is 1. The van der Waals surface area contributed by atoms with Crippen molar-refractivity contribution >= 4 is 5.69 Å². The lowest BCUT2D eigenvalue weighted by Gasteiger charge is -2.16. The van der Waals surface area contributed by atoms with Gasteiger partial charge in [0.1, 0.15) is 5.75 Å². The molecule has 5 heteroatoms. The van der Waals surface area contributed by atoms with Gasteiger partial charge >= 0.3 is 6.18 Å². The van der Waals surface area contributed by atoms with Crippen LogP contribution in [0.4, 0.5) is 18.9 Å². The van der Waals surface area contributed by atoms with Gasteiger partial charge in [-0.3, -0.25) is 0 Å². The molecule has 0 saturated heterocycles. The Kier molecular flexibility index (Phi) is 3.49. The van der Waals surface area contributed by atoms with Gasteiger partial charge in [0.15, 0.2) is 0 Å². The molecular formula is C16H14F3NO. The van der Waals surface area contributed by atoms with Gasteiger partial charge in [0, 0.05) is 18.2 Å². The second-order valence-electron chi connectivity index (χ2n) is 4.97. The number of alkyl halides is 3. The van der Waals surface area contributed by atoms with Crippen LogP contribution in [0, 0.1) is 0 Å². The first-order valence-corrected chi connectivity index (χ1v) is 6.67. The fourth-order valence-corrected chi connectivity index (χ4v) is 2.52. The van der Waals surface area contributed by atoms with E-state index in [-0.39, 0.29) is 18.3 Å². The van der Waals surface area contributed by atoms with Gasteiger partial charge in [0.05, 0.1) is 12.2 Å². The first kappa shape index (κ1) is 13.8. The molecule has 2 nitrogen and oxygen atoms in total. The molecule has 1 aliphatic heterocycles. The summed E-state index contributed by atoms with van der Waals surface area (Å²) in [6.45, 7) is 0.893. The van der Waals surface area contributed by atoms with Gasteiger partial charge < -0.3 is 10.1 Å². The Morgan fingerprint density at radius 1 is 1.05 bits per heavy atom. The van der Waals surface area contributed by atoms with Crippen LogP contribution in [0.3, 0.4) is 0 Å². The lowest BCUT2D eigenvalue weighted by molar-refractivity contribution is -0.139. The zero-order valence-electron chi connectivity index (χ0n) is 11.2. The van der Waals surface area contributed by atoms with Gasteiger partial charge in [-0.25, -0.2) is 0 Å². The van der Waals surface area contributed by atoms with E-state index in [1.165, 1.54) is 12.1 Å². The Hall–Kier alpha value is -2.17. The van der Waals surface area contributed by atoms with E-state index >= 15 is 0 Å². The first-order valence-electron chi connectivity index (χ1n) is 6.67. The van der Waals surface area contributed by atoms with Crippen molar-refractivity contribution in [2.45, 2.75) is 12.1 Å². The van der Waals surface area contributed by atoms with E-state index in [2.05, 4.69) is 5.32 Å². The van der Waals surface area contributed by atoms with Gasteiger partial charge in [-0.15, -0.1) is 0 Å². The van der Waals surface area contributed by atoms with Crippen molar-refractivity contribution in [3.05, 3.63) is 59.7 Å². The predicted molar refractivity (Wildman–Crippen MR) is 74.6 cm³/mol. The second kappa shape index (κ2) is 5.31. The van der Waals surface area contributed by atoms with Crippen molar-refractivity contribution in [2.24, 2.45) is 0 Å². The minimum Gasteiger partial charge on any atom is -0.492 e. The number of ether oxygens (including phenoxy) is 1. The molecule has 1 heterocycles. The Labute approximate surface area is 120 Å². The Bertz CT molecular complexity index is 639. The highest BCUT2D eigenvalue weighted by Crippen LogP contribution is 2.37. The third-order valence-corrected chi connectivity index (χ3v) is 3.57. The monoisotopic (exact) mass is 293 g/mol. The van der Waals surface area contributed by atoms with Crippen molar-refractivity contribution in [3.8, 4) is 5.75 Å². The van der Waals surface area contributed by atoms with Crippen LogP contribution in [0.1, 0.15) is 17.0 Å². The zero-order chi connectivity index (χ0) is 14.9. The Morgan fingerprint density at radius 2 is 1.76 bits per heavy atom. The number of para-hydroxylation sites is 2. The predicted octanol–water partition coefficient (Wildman–Crippen LogP) is 4.29. The van der Waals surface area contributed by atoms with E-state index in [0.29, 0.717) is 6.54 Å². The van der Waals surface area contributed by atoms with Crippen LogP contribution in [0.2, 0.25) is 0 Å². The lowest BCUT2D eigenvalue weighted by atomic mass is 10.0. The highest BCUT2D eigenvalue weighted by atomic mass is 19.4. The quantitative estimate of drug-likeness (QED) is 0.911. The van der Waals surface area contributed by atoms with E-state index in [0.717, 1.165) is 17.3 Å². The smallest absolute Gasteiger partial charge is 0.419 e. The molecule has 0 aliphatic carbocycles. The van der Waals surface area contributed by atoms with Gasteiger partial charge in [0.25, 0.3) is 0 Å². The second-order valence-corrected chi connectivity index (χ2v) is 4.97. The molecule has 0 fully saturated rings. The number of nitrogens with one attached hydrogen (secondary N) is 1. The van der Waals surface area contributed by atoms with Crippen LogP contribution in [-0.2, 0) is 6.18 Å². The van der Waals surface area contributed by atoms with Crippen molar-refractivity contribution < 1.29 is 17.9 Å². The molecule has 1 unspecified atom stereocenters. The normalized spacial score (nSPS) is 17.2. The highest BCUT2D eigenvalue weighted by Gasteiger charge is 2.34. The van der Waals surface area contributed by atoms with E-state index < -0.39 is 11.7 Å². The number of benzene rings is 2. The Balaban J connectivity index is 1.75. The summed E-state index contributed by atoms with van der Waals surface area (Å²) in [4.78, 5) is 0. The summed E-state index contributed by atoms with van der Waals surface area (Å²) in [5.41, 5.74) is 1.38. The Morgan fingerprint density at radius 3 is 2.57 bits per heavy atom. The van der Waals surface area contributed by atoms with Crippen LogP contribution >= 0.6 is 0 Å². The maximum absolute atomic E-state index is 12.9. The molecule has 1 N–H and O–H groups in total. The van der Waals surface area contributed by atoms with Crippen molar-refractivity contribution in [2.75, 3.05) is 18.5 Å². The fraction of sp³-hybridized carbons (Fsp3) is 0.250. The molecule has 0 bridgehead atoms. The molecule has 2 aromatic carbocycles. The van der Waals surface area contributed by atoms with Gasteiger partial charge in [-0.2, -0.15) is 13.2 Å². The standard InChI is InChI=1S/C16H14F3NO/c17-16(18,19)13-6-2-4-8-15(13)21-10-11-9-20-14-7-3-1-5-12(11)14/h1-8,11,20H,9-10H2. The molecule has 0 aromatic heterocycles. The first-order chi connectivity index (χ1) is 10.1. The lowest BCUT2D eigenvalue weighted by Crippen LogP contribution is -2.15. The third-order valence-electron chi connectivity index (χ3n) is 3.57. The minimum absolute atomic E-state index is 0.0579. The summed E-state index contributed by atoms with van der Waals surface area (Å²) in [6, 6.07) is 13.1. The van der Waals surface area contributed by atoms with Crippen LogP contribution in [0.5, 0.6) is 5.75 Å². The number of hydrogen-bond acceptors (Lipinski definition) is 2. The van der Waals surface area contributed by atoms with E-state index in [4.69, 9.17) is 4.74 Å². The summed E-state index contributed by atoms with van der Waals surface area (Å²) >= 11 is 0. The van der Waals surface area contributed by atoms with E-state index in [1.807, 2.05) is 24.3 Å². The molecule has 21 heavy (non-hydrogen) atoms. The van der Waals surface area contributed by atoms with Gasteiger partial charge in [-0.05, 0) is 23.8 Å². The molecule has 0 spiro atoms. The molecule has 0 radical (unpaired) electrons. The molecule has 2 aromatic rings. The zero-order valence-corrected chi connectivity index (χ0v) is 11.2. The maximum atomic E-state index is 12.9. The fourth-order valence-electron chi connectivity index (χ4n) is 2.52. The van der Waals surface area contributed by atoms with Crippen LogP contribution < -0.4 is 10.1 Å². The minimum atomic E-state index is -4.40. The van der Waals surface area contributed by atoms with E-state index in [1.54, 1.807) is 6.07 Å². The summed E-state index contributed by atoms with van der Waals surface area (Å²) in [6.07, 6.45) is -4.40. The number of rotatable bonds is 3. The van der Waals surface area contributed by atoms with E-state index in [9.17, 15) is 13.2 Å². The molecule has 0 saturated carbocycles. The molecule has 1 atom stereocenters. The summed E-state index contributed by atoms with van der Waals surface area (Å²) < 4.78 is 44.1. The number of anilines is 1. The topological polar surface area (TPSA) is 21.3 Å².